The van der Waals surface area contributed by atoms with E-state index in [-0.39, 0.29) is 0 Å². The Morgan fingerprint density at radius 1 is 1.27 bits per heavy atom. The summed E-state index contributed by atoms with van der Waals surface area (Å²) in [5.74, 6) is 0. The van der Waals surface area contributed by atoms with Crippen LogP contribution in [-0.2, 0) is 0 Å². The van der Waals surface area contributed by atoms with Crippen LogP contribution < -0.4 is 5.32 Å². The number of allylic oxidation sites excluding steroid dienone is 2. The van der Waals surface area contributed by atoms with E-state index in [0.29, 0.717) is 0 Å². The fourth-order valence-corrected chi connectivity index (χ4v) is 0.718. The lowest BCUT2D eigenvalue weighted by atomic mass is 10.3. The predicted molar refractivity (Wildman–Crippen MR) is 48.1 cm³/mol. The van der Waals surface area contributed by atoms with Crippen molar-refractivity contribution >= 4 is 5.69 Å². The summed E-state index contributed by atoms with van der Waals surface area (Å²) < 4.78 is 0. The van der Waals surface area contributed by atoms with Crippen molar-refractivity contribution in [3.05, 3.63) is 55.3 Å². The second-order valence-electron chi connectivity index (χ2n) is 2.03. The van der Waals surface area contributed by atoms with Gasteiger partial charge in [0.1, 0.15) is 0 Å². The van der Waals surface area contributed by atoms with Crippen LogP contribution in [0.3, 0.4) is 0 Å². The minimum Gasteiger partial charge on any atom is -0.361 e. The van der Waals surface area contributed by atoms with Gasteiger partial charge in [-0.25, -0.2) is 0 Å². The highest BCUT2D eigenvalue weighted by Gasteiger charge is 1.81. The van der Waals surface area contributed by atoms with Gasteiger partial charge in [0, 0.05) is 11.9 Å². The van der Waals surface area contributed by atoms with E-state index >= 15 is 0 Å². The summed E-state index contributed by atoms with van der Waals surface area (Å²) in [6, 6.07) is 9.91. The third kappa shape index (κ3) is 2.72. The van der Waals surface area contributed by atoms with Crippen molar-refractivity contribution in [2.24, 2.45) is 0 Å². The summed E-state index contributed by atoms with van der Waals surface area (Å²) >= 11 is 0. The summed E-state index contributed by atoms with van der Waals surface area (Å²) in [5, 5.41) is 3.04. The number of hydrogen-bond donors (Lipinski definition) is 1. The van der Waals surface area contributed by atoms with E-state index in [1.165, 1.54) is 0 Å². The lowest BCUT2D eigenvalue weighted by Crippen LogP contribution is -1.84. The Balaban J connectivity index is 2.51. The zero-order chi connectivity index (χ0) is 7.94. The van der Waals surface area contributed by atoms with E-state index in [1.807, 2.05) is 30.3 Å². The van der Waals surface area contributed by atoms with Crippen LogP contribution in [0.2, 0.25) is 0 Å². The third-order valence-corrected chi connectivity index (χ3v) is 1.21. The van der Waals surface area contributed by atoms with Crippen LogP contribution in [0.1, 0.15) is 0 Å². The molecular weight excluding hydrogens is 134 g/mol. The molecule has 0 saturated heterocycles. The van der Waals surface area contributed by atoms with Crippen molar-refractivity contribution in [2.75, 3.05) is 5.32 Å². The largest absolute Gasteiger partial charge is 0.361 e. The van der Waals surface area contributed by atoms with E-state index in [4.69, 9.17) is 0 Å². The van der Waals surface area contributed by atoms with E-state index in [9.17, 15) is 0 Å². The molecule has 0 saturated carbocycles. The number of hydrogen-bond acceptors (Lipinski definition) is 1. The molecule has 11 heavy (non-hydrogen) atoms. The molecule has 55 valence electrons. The lowest BCUT2D eigenvalue weighted by molar-refractivity contribution is 1.57. The van der Waals surface area contributed by atoms with Gasteiger partial charge in [-0.15, -0.1) is 0 Å². The van der Waals surface area contributed by atoms with E-state index < -0.39 is 0 Å². The summed E-state index contributed by atoms with van der Waals surface area (Å²) in [6.07, 6.45) is 6.16. The average Bonchev–Trinajstić information content (AvgIpc) is 2.07. The summed E-state index contributed by atoms with van der Waals surface area (Å²) in [5.41, 5.74) is 1.06. The SMILES string of the molecule is C=C[C]=CNc1ccccc1. The molecule has 0 aliphatic rings. The van der Waals surface area contributed by atoms with Crippen molar-refractivity contribution in [1.29, 1.82) is 0 Å². The molecule has 0 fully saturated rings. The Bertz CT molecular complexity index is 236. The highest BCUT2D eigenvalue weighted by Crippen LogP contribution is 2.03. The maximum Gasteiger partial charge on any atom is 0.0379 e. The van der Waals surface area contributed by atoms with Crippen molar-refractivity contribution in [3.8, 4) is 0 Å². The van der Waals surface area contributed by atoms with Gasteiger partial charge in [-0.1, -0.05) is 30.9 Å². The molecule has 1 aromatic carbocycles. The average molecular weight is 144 g/mol. The van der Waals surface area contributed by atoms with Crippen LogP contribution in [-0.4, -0.2) is 0 Å². The van der Waals surface area contributed by atoms with Crippen LogP contribution in [0.4, 0.5) is 5.69 Å². The summed E-state index contributed by atoms with van der Waals surface area (Å²) in [4.78, 5) is 0. The molecule has 1 N–H and O–H groups in total. The van der Waals surface area contributed by atoms with Gasteiger partial charge in [-0.2, -0.15) is 0 Å². The van der Waals surface area contributed by atoms with Gasteiger partial charge in [0.2, 0.25) is 0 Å². The molecule has 1 radical (unpaired) electrons. The smallest absolute Gasteiger partial charge is 0.0379 e. The van der Waals surface area contributed by atoms with Gasteiger partial charge in [0.05, 0.1) is 0 Å². The number of nitrogens with one attached hydrogen (secondary N) is 1. The van der Waals surface area contributed by atoms with Crippen LogP contribution >= 0.6 is 0 Å². The first-order chi connectivity index (χ1) is 5.43. The van der Waals surface area contributed by atoms with Gasteiger partial charge in [0.15, 0.2) is 0 Å². The first-order valence-corrected chi connectivity index (χ1v) is 3.43. The van der Waals surface area contributed by atoms with Crippen LogP contribution in [0, 0.1) is 6.08 Å². The maximum absolute atomic E-state index is 3.51. The van der Waals surface area contributed by atoms with Crippen LogP contribution in [0.25, 0.3) is 0 Å². The number of para-hydroxylation sites is 1. The number of benzene rings is 1. The minimum absolute atomic E-state index is 1.06. The molecule has 0 heterocycles. The Morgan fingerprint density at radius 2 is 2.00 bits per heavy atom. The Morgan fingerprint density at radius 3 is 2.64 bits per heavy atom. The maximum atomic E-state index is 3.51. The van der Waals surface area contributed by atoms with Gasteiger partial charge < -0.3 is 5.32 Å². The molecule has 0 spiro atoms. The van der Waals surface area contributed by atoms with Crippen molar-refractivity contribution in [1.82, 2.24) is 0 Å². The molecule has 0 bridgehead atoms. The fraction of sp³-hybridized carbons (Fsp3) is 0. The highest BCUT2D eigenvalue weighted by atomic mass is 14.8. The van der Waals surface area contributed by atoms with Crippen LogP contribution in [0.5, 0.6) is 0 Å². The Hall–Kier alpha value is -1.50. The quantitative estimate of drug-likeness (QED) is 0.643. The zero-order valence-corrected chi connectivity index (χ0v) is 6.25. The van der Waals surface area contributed by atoms with Crippen molar-refractivity contribution in [2.45, 2.75) is 0 Å². The van der Waals surface area contributed by atoms with Gasteiger partial charge in [-0.05, 0) is 18.2 Å². The Labute approximate surface area is 67.1 Å². The molecule has 1 rings (SSSR count). The monoisotopic (exact) mass is 144 g/mol. The predicted octanol–water partition coefficient (Wildman–Crippen LogP) is 2.60. The number of rotatable bonds is 3. The van der Waals surface area contributed by atoms with E-state index in [0.717, 1.165) is 5.69 Å². The fourth-order valence-electron chi connectivity index (χ4n) is 0.718. The normalized spacial score (nSPS) is 9.82. The summed E-state index contributed by atoms with van der Waals surface area (Å²) in [7, 11) is 0. The molecule has 1 heteroatoms. The van der Waals surface area contributed by atoms with Crippen molar-refractivity contribution in [3.63, 3.8) is 0 Å². The molecule has 0 unspecified atom stereocenters. The summed E-state index contributed by atoms with van der Waals surface area (Å²) in [6.45, 7) is 3.51. The second kappa shape index (κ2) is 4.34. The molecule has 0 aliphatic carbocycles. The van der Waals surface area contributed by atoms with Crippen molar-refractivity contribution < 1.29 is 0 Å². The van der Waals surface area contributed by atoms with E-state index in [2.05, 4.69) is 18.0 Å². The third-order valence-electron chi connectivity index (χ3n) is 1.21. The standard InChI is InChI=1S/C10H10N/c1-2-3-9-11-10-7-5-4-6-8-10/h2,4-9,11H,1H2. The molecular formula is C10H10N. The highest BCUT2D eigenvalue weighted by molar-refractivity contribution is 5.44. The zero-order valence-electron chi connectivity index (χ0n) is 6.25. The molecule has 0 aliphatic heterocycles. The Kier molecular flexibility index (Phi) is 3.00. The topological polar surface area (TPSA) is 12.0 Å². The van der Waals surface area contributed by atoms with Crippen LogP contribution in [0.15, 0.2) is 49.2 Å². The minimum atomic E-state index is 1.06. The first kappa shape index (κ1) is 7.61. The lowest BCUT2D eigenvalue weighted by Gasteiger charge is -1.96. The molecule has 1 aromatic rings. The second-order valence-corrected chi connectivity index (χ2v) is 2.03. The van der Waals surface area contributed by atoms with Gasteiger partial charge >= 0.3 is 0 Å². The molecule has 1 nitrogen and oxygen atoms in total. The molecule has 0 atom stereocenters. The first-order valence-electron chi connectivity index (χ1n) is 3.43. The molecule has 0 aromatic heterocycles. The van der Waals surface area contributed by atoms with Gasteiger partial charge in [0.25, 0.3) is 0 Å². The van der Waals surface area contributed by atoms with Gasteiger partial charge in [-0.3, -0.25) is 0 Å². The number of anilines is 1. The van der Waals surface area contributed by atoms with E-state index in [1.54, 1.807) is 12.3 Å². The molecule has 0 amide bonds.